The molecule has 0 aliphatic rings. The summed E-state index contributed by atoms with van der Waals surface area (Å²) in [5.41, 5.74) is 0.986. The van der Waals surface area contributed by atoms with E-state index in [9.17, 15) is 14.0 Å². The Balaban J connectivity index is 1.50. The average molecular weight is 374 g/mol. The van der Waals surface area contributed by atoms with Crippen LogP contribution in [0.1, 0.15) is 34.0 Å². The number of carbonyl (C=O) groups excluding carboxylic acids is 2. The number of aryl methyl sites for hydroxylation is 1. The summed E-state index contributed by atoms with van der Waals surface area (Å²) in [6, 6.07) is 8.10. The number of ether oxygens (including phenoxy) is 1. The Morgan fingerprint density at radius 2 is 2.12 bits per heavy atom. The first kappa shape index (κ1) is 17.9. The van der Waals surface area contributed by atoms with Crippen molar-refractivity contribution in [3.05, 3.63) is 57.9 Å². The van der Waals surface area contributed by atoms with Crippen LogP contribution in [0.3, 0.4) is 0 Å². The summed E-state index contributed by atoms with van der Waals surface area (Å²) in [6.45, 7) is 1.46. The molecule has 3 aromatic rings. The minimum atomic E-state index is -0.531. The maximum absolute atomic E-state index is 13.6. The molecule has 8 heteroatoms. The SMILES string of the molecule is Cc1ccc(-c2noc(COC(=O)CCC(=O)c3cccs3)n2)cc1F. The van der Waals surface area contributed by atoms with Gasteiger partial charge in [-0.1, -0.05) is 23.4 Å². The molecule has 0 aliphatic heterocycles. The quantitative estimate of drug-likeness (QED) is 0.460. The molecule has 0 amide bonds. The third-order valence-electron chi connectivity index (χ3n) is 3.61. The summed E-state index contributed by atoms with van der Waals surface area (Å²) in [7, 11) is 0. The van der Waals surface area contributed by atoms with Gasteiger partial charge in [0.2, 0.25) is 5.82 Å². The van der Waals surface area contributed by atoms with Gasteiger partial charge in [-0.15, -0.1) is 11.3 Å². The standard InChI is InChI=1S/C18H15FN2O4S/c1-11-4-5-12(9-13(11)19)18-20-16(25-21-18)10-24-17(23)7-6-14(22)15-3-2-8-26-15/h2-5,8-9H,6-7,10H2,1H3. The summed E-state index contributed by atoms with van der Waals surface area (Å²) >= 11 is 1.33. The van der Waals surface area contributed by atoms with Crippen molar-refractivity contribution in [2.45, 2.75) is 26.4 Å². The van der Waals surface area contributed by atoms with Gasteiger partial charge in [-0.2, -0.15) is 4.98 Å². The van der Waals surface area contributed by atoms with Crippen LogP contribution in [0.2, 0.25) is 0 Å². The summed E-state index contributed by atoms with van der Waals surface area (Å²) in [6.07, 6.45) is 0.0535. The Labute approximate surface area is 152 Å². The van der Waals surface area contributed by atoms with Crippen LogP contribution in [0, 0.1) is 12.7 Å². The van der Waals surface area contributed by atoms with Crippen LogP contribution >= 0.6 is 11.3 Å². The molecule has 0 fully saturated rings. The summed E-state index contributed by atoms with van der Waals surface area (Å²) < 4.78 is 23.6. The second kappa shape index (κ2) is 8.01. The number of hydrogen-bond acceptors (Lipinski definition) is 7. The largest absolute Gasteiger partial charge is 0.456 e. The van der Waals surface area contributed by atoms with Gasteiger partial charge in [0.1, 0.15) is 5.82 Å². The van der Waals surface area contributed by atoms with Gasteiger partial charge in [0.15, 0.2) is 12.4 Å². The van der Waals surface area contributed by atoms with E-state index in [4.69, 9.17) is 9.26 Å². The Morgan fingerprint density at radius 1 is 1.27 bits per heavy atom. The molecule has 0 bridgehead atoms. The fraction of sp³-hybridized carbons (Fsp3) is 0.222. The smallest absolute Gasteiger partial charge is 0.306 e. The second-order valence-corrected chi connectivity index (χ2v) is 6.48. The van der Waals surface area contributed by atoms with Crippen molar-refractivity contribution >= 4 is 23.1 Å². The molecule has 0 radical (unpaired) electrons. The molecule has 6 nitrogen and oxygen atoms in total. The van der Waals surface area contributed by atoms with E-state index in [0.29, 0.717) is 16.0 Å². The zero-order valence-electron chi connectivity index (χ0n) is 13.9. The van der Waals surface area contributed by atoms with Gasteiger partial charge < -0.3 is 9.26 Å². The molecule has 0 spiro atoms. The molecule has 0 unspecified atom stereocenters. The van der Waals surface area contributed by atoms with Crippen LogP contribution in [0.25, 0.3) is 11.4 Å². The van der Waals surface area contributed by atoms with Gasteiger partial charge in [0.05, 0.1) is 11.3 Å². The van der Waals surface area contributed by atoms with Crippen molar-refractivity contribution in [1.82, 2.24) is 10.1 Å². The maximum Gasteiger partial charge on any atom is 0.306 e. The zero-order valence-corrected chi connectivity index (χ0v) is 14.7. The Morgan fingerprint density at radius 3 is 2.85 bits per heavy atom. The number of rotatable bonds is 7. The number of ketones is 1. The van der Waals surface area contributed by atoms with E-state index >= 15 is 0 Å². The zero-order chi connectivity index (χ0) is 18.5. The van der Waals surface area contributed by atoms with E-state index in [1.807, 2.05) is 0 Å². The number of esters is 1. The van der Waals surface area contributed by atoms with Gasteiger partial charge in [0, 0.05) is 12.0 Å². The van der Waals surface area contributed by atoms with Crippen LogP contribution in [0.5, 0.6) is 0 Å². The van der Waals surface area contributed by atoms with Crippen molar-refractivity contribution in [2.75, 3.05) is 0 Å². The first-order valence-corrected chi connectivity index (χ1v) is 8.72. The number of nitrogens with zero attached hydrogens (tertiary/aromatic N) is 2. The number of hydrogen-bond donors (Lipinski definition) is 0. The summed E-state index contributed by atoms with van der Waals surface area (Å²) in [5, 5.41) is 5.55. The fourth-order valence-corrected chi connectivity index (χ4v) is 2.85. The van der Waals surface area contributed by atoms with Crippen LogP contribution in [0.4, 0.5) is 4.39 Å². The van der Waals surface area contributed by atoms with E-state index in [0.717, 1.165) is 0 Å². The minimum absolute atomic E-state index is 0.0269. The highest BCUT2D eigenvalue weighted by atomic mass is 32.1. The van der Waals surface area contributed by atoms with Gasteiger partial charge in [0.25, 0.3) is 5.89 Å². The van der Waals surface area contributed by atoms with Gasteiger partial charge >= 0.3 is 5.97 Å². The van der Waals surface area contributed by atoms with Crippen LogP contribution in [-0.2, 0) is 16.1 Å². The van der Waals surface area contributed by atoms with Crippen molar-refractivity contribution in [3.8, 4) is 11.4 Å². The molecular weight excluding hydrogens is 359 g/mol. The molecular formula is C18H15FN2O4S. The van der Waals surface area contributed by atoms with E-state index in [1.54, 1.807) is 36.6 Å². The molecule has 0 aliphatic carbocycles. The fourth-order valence-electron chi connectivity index (χ4n) is 2.15. The minimum Gasteiger partial charge on any atom is -0.456 e. The summed E-state index contributed by atoms with van der Waals surface area (Å²) in [5.74, 6) is -0.688. The van der Waals surface area contributed by atoms with E-state index < -0.39 is 5.97 Å². The van der Waals surface area contributed by atoms with Gasteiger partial charge in [-0.25, -0.2) is 4.39 Å². The van der Waals surface area contributed by atoms with Crippen LogP contribution in [-0.4, -0.2) is 21.9 Å². The lowest BCUT2D eigenvalue weighted by Crippen LogP contribution is -2.07. The van der Waals surface area contributed by atoms with E-state index in [1.165, 1.54) is 17.4 Å². The number of aromatic nitrogens is 2. The monoisotopic (exact) mass is 374 g/mol. The first-order valence-electron chi connectivity index (χ1n) is 7.84. The lowest BCUT2D eigenvalue weighted by atomic mass is 10.1. The van der Waals surface area contributed by atoms with Crippen molar-refractivity contribution in [1.29, 1.82) is 0 Å². The molecule has 26 heavy (non-hydrogen) atoms. The predicted molar refractivity (Wildman–Crippen MR) is 92.1 cm³/mol. The molecule has 0 atom stereocenters. The topological polar surface area (TPSA) is 82.3 Å². The maximum atomic E-state index is 13.6. The van der Waals surface area contributed by atoms with Crippen LogP contribution < -0.4 is 0 Å². The highest BCUT2D eigenvalue weighted by Crippen LogP contribution is 2.19. The average Bonchev–Trinajstić information content (AvgIpc) is 3.32. The highest BCUT2D eigenvalue weighted by molar-refractivity contribution is 7.12. The van der Waals surface area contributed by atoms with Crippen molar-refractivity contribution in [2.24, 2.45) is 0 Å². The Kier molecular flexibility index (Phi) is 5.52. The number of carbonyl (C=O) groups is 2. The third-order valence-corrected chi connectivity index (χ3v) is 4.52. The van der Waals surface area contributed by atoms with Gasteiger partial charge in [-0.05, 0) is 30.0 Å². The second-order valence-electron chi connectivity index (χ2n) is 5.54. The first-order chi connectivity index (χ1) is 12.5. The number of thiophene rings is 1. The van der Waals surface area contributed by atoms with E-state index in [-0.39, 0.29) is 42.8 Å². The molecule has 0 N–H and O–H groups in total. The molecule has 2 heterocycles. The number of benzene rings is 1. The summed E-state index contributed by atoms with van der Waals surface area (Å²) in [4.78, 5) is 28.3. The normalized spacial score (nSPS) is 10.7. The molecule has 134 valence electrons. The van der Waals surface area contributed by atoms with Crippen molar-refractivity contribution in [3.63, 3.8) is 0 Å². The molecule has 0 saturated carbocycles. The number of halogens is 1. The number of Topliss-reactive ketones (excluding diaryl/α,β-unsaturated/α-hetero) is 1. The molecule has 3 rings (SSSR count). The van der Waals surface area contributed by atoms with E-state index in [2.05, 4.69) is 10.1 Å². The predicted octanol–water partition coefficient (Wildman–Crippen LogP) is 3.95. The Hall–Kier alpha value is -2.87. The van der Waals surface area contributed by atoms with Crippen LogP contribution in [0.15, 0.2) is 40.2 Å². The Bertz CT molecular complexity index is 921. The lowest BCUT2D eigenvalue weighted by molar-refractivity contribution is -0.145. The van der Waals surface area contributed by atoms with Crippen molar-refractivity contribution < 1.29 is 23.2 Å². The molecule has 1 aromatic carbocycles. The van der Waals surface area contributed by atoms with Gasteiger partial charge in [-0.3, -0.25) is 9.59 Å². The lowest BCUT2D eigenvalue weighted by Gasteiger charge is -2.01. The molecule has 2 aromatic heterocycles. The third kappa shape index (κ3) is 4.40. The highest BCUT2D eigenvalue weighted by Gasteiger charge is 2.14. The molecule has 0 saturated heterocycles.